The quantitative estimate of drug-likeness (QED) is 0.808. The summed E-state index contributed by atoms with van der Waals surface area (Å²) in [6, 6.07) is 4.83. The summed E-state index contributed by atoms with van der Waals surface area (Å²) in [5.74, 6) is -0.146. The normalized spacial score (nSPS) is 12.0. The SMILES string of the molecule is COc1cc(N)ccc1NC(=O)CCS(=O)(=O)C(C)(C)C. The van der Waals surface area contributed by atoms with Crippen LogP contribution in [0, 0.1) is 0 Å². The second kappa shape index (κ2) is 6.34. The third-order valence-corrected chi connectivity index (χ3v) is 5.64. The van der Waals surface area contributed by atoms with E-state index in [1.165, 1.54) is 7.11 Å². The molecule has 3 N–H and O–H groups in total. The van der Waals surface area contributed by atoms with E-state index in [1.807, 2.05) is 0 Å². The van der Waals surface area contributed by atoms with Gasteiger partial charge in [-0.3, -0.25) is 4.79 Å². The monoisotopic (exact) mass is 314 g/mol. The molecule has 0 saturated heterocycles. The van der Waals surface area contributed by atoms with Gasteiger partial charge in [-0.2, -0.15) is 0 Å². The van der Waals surface area contributed by atoms with Crippen molar-refractivity contribution in [3.8, 4) is 5.75 Å². The van der Waals surface area contributed by atoms with Crippen LogP contribution in [0.3, 0.4) is 0 Å². The highest BCUT2D eigenvalue weighted by Gasteiger charge is 2.29. The van der Waals surface area contributed by atoms with Crippen molar-refractivity contribution in [3.63, 3.8) is 0 Å². The molecule has 118 valence electrons. The zero-order chi connectivity index (χ0) is 16.3. The predicted molar refractivity (Wildman–Crippen MR) is 84.2 cm³/mol. The van der Waals surface area contributed by atoms with Crippen molar-refractivity contribution in [2.24, 2.45) is 0 Å². The molecule has 1 aromatic rings. The molecule has 0 bridgehead atoms. The first-order chi connectivity index (χ1) is 9.56. The number of benzene rings is 1. The molecule has 7 heteroatoms. The highest BCUT2D eigenvalue weighted by molar-refractivity contribution is 7.92. The minimum Gasteiger partial charge on any atom is -0.494 e. The van der Waals surface area contributed by atoms with Crippen LogP contribution in [-0.2, 0) is 14.6 Å². The maximum absolute atomic E-state index is 12.0. The highest BCUT2D eigenvalue weighted by Crippen LogP contribution is 2.26. The van der Waals surface area contributed by atoms with Crippen LogP contribution in [0.4, 0.5) is 11.4 Å². The van der Waals surface area contributed by atoms with Crippen molar-refractivity contribution < 1.29 is 17.9 Å². The van der Waals surface area contributed by atoms with E-state index >= 15 is 0 Å². The Morgan fingerprint density at radius 3 is 2.48 bits per heavy atom. The molecule has 0 aliphatic rings. The smallest absolute Gasteiger partial charge is 0.225 e. The predicted octanol–water partition coefficient (Wildman–Crippen LogP) is 1.82. The topological polar surface area (TPSA) is 98.5 Å². The van der Waals surface area contributed by atoms with Gasteiger partial charge in [0.25, 0.3) is 0 Å². The van der Waals surface area contributed by atoms with E-state index in [2.05, 4.69) is 5.32 Å². The van der Waals surface area contributed by atoms with Gasteiger partial charge in [-0.15, -0.1) is 0 Å². The van der Waals surface area contributed by atoms with Gasteiger partial charge in [0.2, 0.25) is 5.91 Å². The number of hydrogen-bond donors (Lipinski definition) is 2. The number of hydrogen-bond acceptors (Lipinski definition) is 5. The summed E-state index contributed by atoms with van der Waals surface area (Å²) in [5, 5.41) is 2.63. The van der Waals surface area contributed by atoms with Crippen LogP contribution in [0.1, 0.15) is 27.2 Å². The lowest BCUT2D eigenvalue weighted by molar-refractivity contribution is -0.115. The summed E-state index contributed by atoms with van der Waals surface area (Å²) >= 11 is 0. The second-order valence-electron chi connectivity index (χ2n) is 5.69. The Bertz CT molecular complexity index is 618. The Kier molecular flexibility index (Phi) is 5.22. The molecular weight excluding hydrogens is 292 g/mol. The Morgan fingerprint density at radius 2 is 1.95 bits per heavy atom. The first-order valence-electron chi connectivity index (χ1n) is 6.52. The standard InChI is InChI=1S/C14H22N2O4S/c1-14(2,3)21(18,19)8-7-13(17)16-11-6-5-10(15)9-12(11)20-4/h5-6,9H,7-8,15H2,1-4H3,(H,16,17). The average molecular weight is 314 g/mol. The molecule has 0 saturated carbocycles. The summed E-state index contributed by atoms with van der Waals surface area (Å²) in [4.78, 5) is 11.9. The summed E-state index contributed by atoms with van der Waals surface area (Å²) in [5.41, 5.74) is 6.60. The number of methoxy groups -OCH3 is 1. The van der Waals surface area contributed by atoms with Crippen molar-refractivity contribution in [2.45, 2.75) is 31.9 Å². The fourth-order valence-corrected chi connectivity index (χ4v) is 2.62. The molecule has 0 aromatic heterocycles. The summed E-state index contributed by atoms with van der Waals surface area (Å²) in [7, 11) is -1.85. The van der Waals surface area contributed by atoms with Crippen molar-refractivity contribution in [2.75, 3.05) is 23.9 Å². The van der Waals surface area contributed by atoms with Gasteiger partial charge in [-0.1, -0.05) is 0 Å². The van der Waals surface area contributed by atoms with Crippen LogP contribution in [0.2, 0.25) is 0 Å². The zero-order valence-electron chi connectivity index (χ0n) is 12.8. The molecule has 0 heterocycles. The van der Waals surface area contributed by atoms with E-state index in [9.17, 15) is 13.2 Å². The third kappa shape index (κ3) is 4.63. The van der Waals surface area contributed by atoms with Crippen molar-refractivity contribution >= 4 is 27.1 Å². The second-order valence-corrected chi connectivity index (χ2v) is 8.55. The molecule has 0 fully saturated rings. The van der Waals surface area contributed by atoms with Crippen LogP contribution in [0.5, 0.6) is 5.75 Å². The molecular formula is C14H22N2O4S. The molecule has 1 amide bonds. The van der Waals surface area contributed by atoms with E-state index < -0.39 is 14.6 Å². The Morgan fingerprint density at radius 1 is 1.33 bits per heavy atom. The Labute approximate surface area is 125 Å². The van der Waals surface area contributed by atoms with Gasteiger partial charge in [0.15, 0.2) is 9.84 Å². The van der Waals surface area contributed by atoms with Crippen LogP contribution < -0.4 is 15.8 Å². The zero-order valence-corrected chi connectivity index (χ0v) is 13.6. The van der Waals surface area contributed by atoms with Crippen LogP contribution in [0.25, 0.3) is 0 Å². The van der Waals surface area contributed by atoms with E-state index in [0.717, 1.165) is 0 Å². The summed E-state index contributed by atoms with van der Waals surface area (Å²) in [6.45, 7) is 4.84. The number of anilines is 2. The largest absolute Gasteiger partial charge is 0.494 e. The number of nitrogen functional groups attached to an aromatic ring is 1. The van der Waals surface area contributed by atoms with Gasteiger partial charge < -0.3 is 15.8 Å². The molecule has 0 aliphatic carbocycles. The first kappa shape index (κ1) is 17.3. The van der Waals surface area contributed by atoms with Crippen molar-refractivity contribution in [3.05, 3.63) is 18.2 Å². The minimum atomic E-state index is -3.32. The average Bonchev–Trinajstić information content (AvgIpc) is 2.37. The lowest BCUT2D eigenvalue weighted by atomic mass is 10.2. The van der Waals surface area contributed by atoms with Crippen molar-refractivity contribution in [1.82, 2.24) is 0 Å². The number of sulfone groups is 1. The number of nitrogens with two attached hydrogens (primary N) is 1. The van der Waals surface area contributed by atoms with Gasteiger partial charge in [-0.05, 0) is 32.9 Å². The Balaban J connectivity index is 2.72. The molecule has 0 atom stereocenters. The minimum absolute atomic E-state index is 0.104. The third-order valence-electron chi connectivity index (χ3n) is 3.03. The molecule has 0 unspecified atom stereocenters. The van der Waals surface area contributed by atoms with Gasteiger partial charge in [-0.25, -0.2) is 8.42 Å². The van der Waals surface area contributed by atoms with E-state index in [4.69, 9.17) is 10.5 Å². The maximum atomic E-state index is 12.0. The Hall–Kier alpha value is -1.76. The van der Waals surface area contributed by atoms with E-state index in [1.54, 1.807) is 39.0 Å². The van der Waals surface area contributed by atoms with Gasteiger partial charge in [0.1, 0.15) is 5.75 Å². The van der Waals surface area contributed by atoms with Gasteiger partial charge >= 0.3 is 0 Å². The highest BCUT2D eigenvalue weighted by atomic mass is 32.2. The lowest BCUT2D eigenvalue weighted by Crippen LogP contribution is -2.32. The molecule has 1 rings (SSSR count). The molecule has 6 nitrogen and oxygen atoms in total. The molecule has 0 spiro atoms. The lowest BCUT2D eigenvalue weighted by Gasteiger charge is -2.19. The van der Waals surface area contributed by atoms with Crippen LogP contribution in [0.15, 0.2) is 18.2 Å². The van der Waals surface area contributed by atoms with Crippen LogP contribution >= 0.6 is 0 Å². The molecule has 0 radical (unpaired) electrons. The maximum Gasteiger partial charge on any atom is 0.225 e. The van der Waals surface area contributed by atoms with Gasteiger partial charge in [0, 0.05) is 18.2 Å². The van der Waals surface area contributed by atoms with E-state index in [0.29, 0.717) is 17.1 Å². The van der Waals surface area contributed by atoms with Gasteiger partial charge in [0.05, 0.1) is 23.3 Å². The number of carbonyl (C=O) groups is 1. The molecule has 21 heavy (non-hydrogen) atoms. The number of ether oxygens (including phenoxy) is 1. The first-order valence-corrected chi connectivity index (χ1v) is 8.18. The number of rotatable bonds is 5. The number of nitrogens with one attached hydrogen (secondary N) is 1. The van der Waals surface area contributed by atoms with E-state index in [-0.39, 0.29) is 18.1 Å². The number of carbonyl (C=O) groups excluding carboxylic acids is 1. The summed E-state index contributed by atoms with van der Waals surface area (Å²) in [6.07, 6.45) is -0.104. The summed E-state index contributed by atoms with van der Waals surface area (Å²) < 4.78 is 28.2. The van der Waals surface area contributed by atoms with Crippen LogP contribution in [-0.4, -0.2) is 31.9 Å². The van der Waals surface area contributed by atoms with Crippen molar-refractivity contribution in [1.29, 1.82) is 0 Å². The fourth-order valence-electron chi connectivity index (χ4n) is 1.56. The molecule has 1 aromatic carbocycles. The number of amides is 1. The molecule has 0 aliphatic heterocycles. The fraction of sp³-hybridized carbons (Fsp3) is 0.500.